The summed E-state index contributed by atoms with van der Waals surface area (Å²) >= 11 is 1.56. The number of sulfonamides is 1. The molecule has 36 heavy (non-hydrogen) atoms. The summed E-state index contributed by atoms with van der Waals surface area (Å²) in [6, 6.07) is 16.7. The van der Waals surface area contributed by atoms with Gasteiger partial charge >= 0.3 is 0 Å². The molecule has 3 aromatic heterocycles. The van der Waals surface area contributed by atoms with Gasteiger partial charge in [-0.15, -0.1) is 11.3 Å². The molecule has 0 radical (unpaired) electrons. The maximum Gasteiger partial charge on any atom is 0.264 e. The predicted molar refractivity (Wildman–Crippen MR) is 144 cm³/mol. The van der Waals surface area contributed by atoms with Crippen molar-refractivity contribution in [3.63, 3.8) is 0 Å². The van der Waals surface area contributed by atoms with E-state index in [2.05, 4.69) is 73.5 Å². The normalized spacial score (nSPS) is 11.7. The Kier molecular flexibility index (Phi) is 6.38. The number of nitrogens with one attached hydrogen (secondary N) is 2. The summed E-state index contributed by atoms with van der Waals surface area (Å²) in [5.41, 5.74) is 4.80. The first kappa shape index (κ1) is 23.8. The predicted octanol–water partition coefficient (Wildman–Crippen LogP) is 6.12. The number of rotatable bonds is 7. The van der Waals surface area contributed by atoms with Crippen LogP contribution in [0.3, 0.4) is 0 Å². The molecule has 10 heteroatoms. The first-order valence-electron chi connectivity index (χ1n) is 11.3. The molecule has 0 aliphatic rings. The Labute approximate surface area is 213 Å². The highest BCUT2D eigenvalue weighted by molar-refractivity contribution is 7.92. The Morgan fingerprint density at radius 2 is 1.67 bits per heavy atom. The minimum Gasteiger partial charge on any atom is -0.340 e. The van der Waals surface area contributed by atoms with E-state index in [-0.39, 0.29) is 10.8 Å². The van der Waals surface area contributed by atoms with E-state index < -0.39 is 10.0 Å². The second-order valence-corrected chi connectivity index (χ2v) is 11.1. The lowest BCUT2D eigenvalue weighted by Crippen LogP contribution is -2.15. The van der Waals surface area contributed by atoms with E-state index in [4.69, 9.17) is 0 Å². The van der Waals surface area contributed by atoms with E-state index in [0.29, 0.717) is 23.1 Å². The van der Waals surface area contributed by atoms with Gasteiger partial charge in [0.15, 0.2) is 0 Å². The van der Waals surface area contributed by atoms with Crippen molar-refractivity contribution in [1.82, 2.24) is 19.9 Å². The number of aromatic nitrogens is 4. The molecule has 3 heterocycles. The zero-order chi connectivity index (χ0) is 25.3. The molecule has 0 saturated carbocycles. The van der Waals surface area contributed by atoms with Crippen LogP contribution in [0.15, 0.2) is 77.4 Å². The van der Waals surface area contributed by atoms with Gasteiger partial charge in [0.2, 0.25) is 5.95 Å². The molecule has 182 valence electrons. The number of hydrogen-bond acceptors (Lipinski definition) is 8. The van der Waals surface area contributed by atoms with Crippen molar-refractivity contribution in [3.8, 4) is 11.1 Å². The first-order valence-corrected chi connectivity index (χ1v) is 13.7. The molecule has 0 aliphatic carbocycles. The molecule has 0 fully saturated rings. The summed E-state index contributed by atoms with van der Waals surface area (Å²) in [5, 5.41) is 6.34. The van der Waals surface area contributed by atoms with Crippen LogP contribution in [0.5, 0.6) is 0 Å². The zero-order valence-corrected chi connectivity index (χ0v) is 21.6. The maximum atomic E-state index is 12.8. The van der Waals surface area contributed by atoms with Crippen molar-refractivity contribution in [2.75, 3.05) is 10.0 Å². The van der Waals surface area contributed by atoms with Crippen LogP contribution in [0.2, 0.25) is 0 Å². The minimum atomic E-state index is -3.82. The smallest absolute Gasteiger partial charge is 0.264 e. The van der Waals surface area contributed by atoms with Gasteiger partial charge in [0.25, 0.3) is 10.0 Å². The molecular weight excluding hydrogens is 492 g/mol. The second kappa shape index (κ2) is 9.63. The first-order chi connectivity index (χ1) is 17.3. The minimum absolute atomic E-state index is 0.0343. The van der Waals surface area contributed by atoms with Crippen LogP contribution in [-0.2, 0) is 10.0 Å². The van der Waals surface area contributed by atoms with Crippen LogP contribution in [0, 0.1) is 6.92 Å². The fourth-order valence-electron chi connectivity index (χ4n) is 3.76. The molecule has 0 unspecified atom stereocenters. The summed E-state index contributed by atoms with van der Waals surface area (Å²) in [6.45, 7) is 6.12. The Hall–Kier alpha value is -3.89. The fraction of sp³-hybridized carbons (Fsp3) is 0.154. The van der Waals surface area contributed by atoms with Gasteiger partial charge in [0.05, 0.1) is 10.3 Å². The molecule has 0 amide bonds. The third-order valence-electron chi connectivity index (χ3n) is 5.71. The Bertz CT molecular complexity index is 1630. The SMILES string of the molecule is Cc1ccnc(NS(=O)(=O)c2ccc(Nc3ncnc4scc(-c5ccc(C(C)C)cc5)c34)cc2)n1. The lowest BCUT2D eigenvalue weighted by molar-refractivity contribution is 0.601. The van der Waals surface area contributed by atoms with Crippen molar-refractivity contribution >= 4 is 49.0 Å². The number of fused-ring (bicyclic) bond motifs is 1. The van der Waals surface area contributed by atoms with E-state index in [9.17, 15) is 8.42 Å². The molecule has 5 rings (SSSR count). The van der Waals surface area contributed by atoms with Crippen LogP contribution in [0.25, 0.3) is 21.3 Å². The van der Waals surface area contributed by atoms with Crippen LogP contribution in [0.4, 0.5) is 17.5 Å². The zero-order valence-electron chi connectivity index (χ0n) is 19.9. The summed E-state index contributed by atoms with van der Waals surface area (Å²) in [5.74, 6) is 1.16. The standard InChI is InChI=1S/C26H24N6O2S2/c1-16(2)18-4-6-19(7-5-18)22-14-35-25-23(22)24(28-15-29-25)31-20-8-10-21(11-9-20)36(33,34)32-26-27-13-12-17(3)30-26/h4-16H,1-3H3,(H,27,30,32)(H,28,29,31). The number of benzene rings is 2. The van der Waals surface area contributed by atoms with E-state index in [1.807, 2.05) is 0 Å². The molecule has 8 nitrogen and oxygen atoms in total. The van der Waals surface area contributed by atoms with Gasteiger partial charge < -0.3 is 5.32 Å². The molecule has 2 aromatic carbocycles. The third kappa shape index (κ3) is 4.91. The van der Waals surface area contributed by atoms with Gasteiger partial charge in [-0.2, -0.15) is 0 Å². The Morgan fingerprint density at radius 3 is 2.36 bits per heavy atom. The van der Waals surface area contributed by atoms with Crippen molar-refractivity contribution in [1.29, 1.82) is 0 Å². The van der Waals surface area contributed by atoms with E-state index >= 15 is 0 Å². The highest BCUT2D eigenvalue weighted by Crippen LogP contribution is 2.38. The van der Waals surface area contributed by atoms with Crippen LogP contribution in [-0.4, -0.2) is 28.4 Å². The van der Waals surface area contributed by atoms with Crippen LogP contribution >= 0.6 is 11.3 Å². The van der Waals surface area contributed by atoms with Gasteiger partial charge in [-0.1, -0.05) is 38.1 Å². The average molecular weight is 517 g/mol. The summed E-state index contributed by atoms with van der Waals surface area (Å²) in [4.78, 5) is 18.0. The quantitative estimate of drug-likeness (QED) is 0.268. The maximum absolute atomic E-state index is 12.8. The monoisotopic (exact) mass is 516 g/mol. The number of hydrogen-bond donors (Lipinski definition) is 2. The van der Waals surface area contributed by atoms with Crippen molar-refractivity contribution in [2.24, 2.45) is 0 Å². The summed E-state index contributed by atoms with van der Waals surface area (Å²) in [7, 11) is -3.82. The Balaban J connectivity index is 1.42. The second-order valence-electron chi connectivity index (χ2n) is 8.61. The van der Waals surface area contributed by atoms with Gasteiger partial charge in [-0.25, -0.2) is 33.1 Å². The number of aryl methyl sites for hydroxylation is 1. The van der Waals surface area contributed by atoms with Gasteiger partial charge in [-0.05, 0) is 54.3 Å². The molecular formula is C26H24N6O2S2. The lowest BCUT2D eigenvalue weighted by Gasteiger charge is -2.11. The van der Waals surface area contributed by atoms with Gasteiger partial charge in [-0.3, -0.25) is 0 Å². The fourth-order valence-corrected chi connectivity index (χ4v) is 5.63. The van der Waals surface area contributed by atoms with Gasteiger partial charge in [0, 0.05) is 28.5 Å². The van der Waals surface area contributed by atoms with Crippen LogP contribution in [0.1, 0.15) is 31.0 Å². The molecule has 5 aromatic rings. The molecule has 0 bridgehead atoms. The van der Waals surface area contributed by atoms with Gasteiger partial charge in [0.1, 0.15) is 17.0 Å². The average Bonchev–Trinajstić information content (AvgIpc) is 3.29. The topological polar surface area (TPSA) is 110 Å². The van der Waals surface area contributed by atoms with E-state index in [1.165, 1.54) is 30.2 Å². The highest BCUT2D eigenvalue weighted by Gasteiger charge is 2.17. The summed E-state index contributed by atoms with van der Waals surface area (Å²) in [6.07, 6.45) is 3.03. The number of nitrogens with zero attached hydrogens (tertiary/aromatic N) is 4. The third-order valence-corrected chi connectivity index (χ3v) is 7.94. The molecule has 0 spiro atoms. The van der Waals surface area contributed by atoms with Crippen LogP contribution < -0.4 is 10.0 Å². The summed E-state index contributed by atoms with van der Waals surface area (Å²) < 4.78 is 27.9. The van der Waals surface area contributed by atoms with Crippen molar-refractivity contribution < 1.29 is 8.42 Å². The van der Waals surface area contributed by atoms with Crippen molar-refractivity contribution in [3.05, 3.63) is 83.8 Å². The largest absolute Gasteiger partial charge is 0.340 e. The lowest BCUT2D eigenvalue weighted by atomic mass is 9.99. The van der Waals surface area contributed by atoms with Crippen molar-refractivity contribution in [2.45, 2.75) is 31.6 Å². The van der Waals surface area contributed by atoms with E-state index in [0.717, 1.165) is 21.3 Å². The molecule has 2 N–H and O–H groups in total. The molecule has 0 aliphatic heterocycles. The molecule has 0 atom stereocenters. The van der Waals surface area contributed by atoms with E-state index in [1.54, 1.807) is 36.5 Å². The Morgan fingerprint density at radius 1 is 0.917 bits per heavy atom. The highest BCUT2D eigenvalue weighted by atomic mass is 32.2. The number of anilines is 3. The number of thiophene rings is 1. The molecule has 0 saturated heterocycles.